The number of hydrogen-bond donors (Lipinski definition) is 2. The molecule has 2 N–H and O–H groups in total. The van der Waals surface area contributed by atoms with Gasteiger partial charge in [0.15, 0.2) is 5.96 Å². The molecule has 0 fully saturated rings. The van der Waals surface area contributed by atoms with Crippen molar-refractivity contribution >= 4 is 17.3 Å². The molecule has 5 nitrogen and oxygen atoms in total. The van der Waals surface area contributed by atoms with Crippen LogP contribution in [0.15, 0.2) is 4.99 Å². The Labute approximate surface area is 125 Å². The molecule has 0 atom stereocenters. The van der Waals surface area contributed by atoms with Crippen molar-refractivity contribution in [2.45, 2.75) is 39.7 Å². The van der Waals surface area contributed by atoms with Crippen LogP contribution in [0, 0.1) is 13.8 Å². The van der Waals surface area contributed by atoms with Crippen molar-refractivity contribution in [1.29, 1.82) is 0 Å². The molecule has 20 heavy (non-hydrogen) atoms. The fourth-order valence-corrected chi connectivity index (χ4v) is 2.75. The predicted octanol–water partition coefficient (Wildman–Crippen LogP) is 2.24. The Morgan fingerprint density at radius 3 is 2.65 bits per heavy atom. The van der Waals surface area contributed by atoms with Crippen molar-refractivity contribution in [2.75, 3.05) is 27.3 Å². The predicted molar refractivity (Wildman–Crippen MR) is 85.5 cm³/mol. The van der Waals surface area contributed by atoms with Gasteiger partial charge in [-0.2, -0.15) is 0 Å². The molecular weight excluding hydrogens is 272 g/mol. The van der Waals surface area contributed by atoms with E-state index in [0.717, 1.165) is 49.2 Å². The summed E-state index contributed by atoms with van der Waals surface area (Å²) >= 11 is 1.73. The highest BCUT2D eigenvalue weighted by atomic mass is 32.1. The maximum Gasteiger partial charge on any atom is 0.191 e. The summed E-state index contributed by atoms with van der Waals surface area (Å²) in [6.07, 6.45) is 3.41. The van der Waals surface area contributed by atoms with Crippen LogP contribution in [-0.4, -0.2) is 38.3 Å². The van der Waals surface area contributed by atoms with E-state index in [2.05, 4.69) is 20.6 Å². The summed E-state index contributed by atoms with van der Waals surface area (Å²) in [5.41, 5.74) is 1.11. The molecule has 0 saturated heterocycles. The van der Waals surface area contributed by atoms with Crippen LogP contribution in [0.3, 0.4) is 0 Å². The Kier molecular flexibility index (Phi) is 8.22. The van der Waals surface area contributed by atoms with E-state index >= 15 is 0 Å². The molecule has 0 unspecified atom stereocenters. The fourth-order valence-electron chi connectivity index (χ4n) is 1.88. The second-order valence-electron chi connectivity index (χ2n) is 4.65. The van der Waals surface area contributed by atoms with Crippen molar-refractivity contribution in [3.8, 4) is 0 Å². The van der Waals surface area contributed by atoms with Crippen LogP contribution in [0.25, 0.3) is 0 Å². The molecule has 114 valence electrons. The molecule has 1 aromatic heterocycles. The van der Waals surface area contributed by atoms with Gasteiger partial charge in [0, 0.05) is 32.2 Å². The number of nitrogens with zero attached hydrogens (tertiary/aromatic N) is 2. The number of guanidine groups is 1. The van der Waals surface area contributed by atoms with E-state index in [4.69, 9.17) is 4.74 Å². The Morgan fingerprint density at radius 2 is 2.05 bits per heavy atom. The van der Waals surface area contributed by atoms with E-state index in [-0.39, 0.29) is 0 Å². The summed E-state index contributed by atoms with van der Waals surface area (Å²) in [4.78, 5) is 9.92. The van der Waals surface area contributed by atoms with E-state index in [1.807, 2.05) is 13.8 Å². The molecular formula is C14H26N4OS. The third-order valence-corrected chi connectivity index (χ3v) is 4.03. The fraction of sp³-hybridized carbons (Fsp3) is 0.714. The summed E-state index contributed by atoms with van der Waals surface area (Å²) < 4.78 is 5.03. The van der Waals surface area contributed by atoms with Crippen LogP contribution in [0.1, 0.15) is 34.8 Å². The van der Waals surface area contributed by atoms with Gasteiger partial charge in [-0.05, 0) is 33.1 Å². The van der Waals surface area contributed by atoms with Gasteiger partial charge in [0.2, 0.25) is 0 Å². The normalized spacial score (nSPS) is 11.7. The van der Waals surface area contributed by atoms with Crippen molar-refractivity contribution in [2.24, 2.45) is 4.99 Å². The number of rotatable bonds is 8. The molecule has 0 aromatic carbocycles. The van der Waals surface area contributed by atoms with E-state index < -0.39 is 0 Å². The molecule has 0 spiro atoms. The minimum atomic E-state index is 0.778. The maximum atomic E-state index is 5.03. The lowest BCUT2D eigenvalue weighted by molar-refractivity contribution is 0.192. The van der Waals surface area contributed by atoms with E-state index in [1.54, 1.807) is 25.5 Å². The Balaban J connectivity index is 2.21. The molecule has 0 aliphatic heterocycles. The second kappa shape index (κ2) is 9.72. The van der Waals surface area contributed by atoms with E-state index in [1.165, 1.54) is 11.3 Å². The summed E-state index contributed by atoms with van der Waals surface area (Å²) in [6.45, 7) is 6.64. The van der Waals surface area contributed by atoms with Crippen molar-refractivity contribution in [1.82, 2.24) is 15.6 Å². The van der Waals surface area contributed by atoms with Crippen molar-refractivity contribution in [3.63, 3.8) is 0 Å². The quantitative estimate of drug-likeness (QED) is 0.439. The molecule has 1 aromatic rings. The van der Waals surface area contributed by atoms with Crippen LogP contribution in [0.5, 0.6) is 0 Å². The zero-order valence-corrected chi connectivity index (χ0v) is 13.8. The smallest absolute Gasteiger partial charge is 0.191 e. The maximum absolute atomic E-state index is 5.03. The number of ether oxygens (including phenoxy) is 1. The second-order valence-corrected chi connectivity index (χ2v) is 5.94. The van der Waals surface area contributed by atoms with E-state index in [9.17, 15) is 0 Å². The largest absolute Gasteiger partial charge is 0.385 e. The lowest BCUT2D eigenvalue weighted by Crippen LogP contribution is -2.37. The molecule has 0 radical (unpaired) electrons. The third kappa shape index (κ3) is 6.34. The van der Waals surface area contributed by atoms with Gasteiger partial charge >= 0.3 is 0 Å². The van der Waals surface area contributed by atoms with Crippen LogP contribution in [0.4, 0.5) is 0 Å². The third-order valence-electron chi connectivity index (χ3n) is 2.96. The summed E-state index contributed by atoms with van der Waals surface area (Å²) in [5.74, 6) is 0.849. The van der Waals surface area contributed by atoms with Gasteiger partial charge in [-0.15, -0.1) is 11.3 Å². The Morgan fingerprint density at radius 1 is 1.25 bits per heavy atom. The first kappa shape index (κ1) is 16.9. The molecule has 6 heteroatoms. The van der Waals surface area contributed by atoms with Gasteiger partial charge in [-0.25, -0.2) is 4.98 Å². The number of aryl methyl sites for hydroxylation is 2. The average Bonchev–Trinajstić information content (AvgIpc) is 2.75. The first-order chi connectivity index (χ1) is 9.67. The summed E-state index contributed by atoms with van der Waals surface area (Å²) in [5, 5.41) is 7.76. The first-order valence-electron chi connectivity index (χ1n) is 7.03. The molecule has 1 rings (SSSR count). The molecule has 0 aliphatic rings. The topological polar surface area (TPSA) is 58.5 Å². The number of nitrogens with one attached hydrogen (secondary N) is 2. The molecule has 0 aliphatic carbocycles. The number of methoxy groups -OCH3 is 1. The van der Waals surface area contributed by atoms with Gasteiger partial charge in [0.25, 0.3) is 0 Å². The average molecular weight is 298 g/mol. The van der Waals surface area contributed by atoms with Crippen LogP contribution in [-0.2, 0) is 11.3 Å². The first-order valence-corrected chi connectivity index (χ1v) is 7.85. The Bertz CT molecular complexity index is 417. The summed E-state index contributed by atoms with van der Waals surface area (Å²) in [6, 6.07) is 0. The number of aromatic nitrogens is 1. The zero-order valence-electron chi connectivity index (χ0n) is 13.0. The molecule has 0 amide bonds. The highest BCUT2D eigenvalue weighted by molar-refractivity contribution is 7.11. The van der Waals surface area contributed by atoms with Gasteiger partial charge in [0.05, 0.1) is 17.2 Å². The number of aliphatic imine (C=N–C) groups is 1. The molecule has 0 saturated carbocycles. The van der Waals surface area contributed by atoms with Gasteiger partial charge in [0.1, 0.15) is 0 Å². The lowest BCUT2D eigenvalue weighted by atomic mass is 10.2. The molecule has 0 bridgehead atoms. The van der Waals surface area contributed by atoms with Crippen LogP contribution in [0.2, 0.25) is 0 Å². The van der Waals surface area contributed by atoms with Crippen LogP contribution >= 0.6 is 11.3 Å². The van der Waals surface area contributed by atoms with E-state index in [0.29, 0.717) is 0 Å². The lowest BCUT2D eigenvalue weighted by Gasteiger charge is -2.11. The monoisotopic (exact) mass is 298 g/mol. The van der Waals surface area contributed by atoms with Gasteiger partial charge in [-0.3, -0.25) is 4.99 Å². The summed E-state index contributed by atoms with van der Waals surface area (Å²) in [7, 11) is 3.54. The molecule has 1 heterocycles. The SMILES string of the molecule is CN=C(NCCCCCOC)NCc1sc(C)nc1C. The van der Waals surface area contributed by atoms with Crippen LogP contribution < -0.4 is 10.6 Å². The van der Waals surface area contributed by atoms with Crippen molar-refractivity contribution < 1.29 is 4.74 Å². The van der Waals surface area contributed by atoms with Gasteiger partial charge < -0.3 is 15.4 Å². The Hall–Kier alpha value is -1.14. The standard InChI is InChI=1S/C14H26N4OS/c1-11-13(20-12(2)18-11)10-17-14(15-3)16-8-6-5-7-9-19-4/h5-10H2,1-4H3,(H2,15,16,17). The number of hydrogen-bond acceptors (Lipinski definition) is 4. The highest BCUT2D eigenvalue weighted by Crippen LogP contribution is 2.16. The number of unbranched alkanes of at least 4 members (excludes halogenated alkanes) is 2. The minimum Gasteiger partial charge on any atom is -0.385 e. The minimum absolute atomic E-state index is 0.778. The number of thiazole rings is 1. The van der Waals surface area contributed by atoms with Gasteiger partial charge in [-0.1, -0.05) is 0 Å². The van der Waals surface area contributed by atoms with Crippen molar-refractivity contribution in [3.05, 3.63) is 15.6 Å². The zero-order chi connectivity index (χ0) is 14.8. The highest BCUT2D eigenvalue weighted by Gasteiger charge is 2.05.